The fourth-order valence-corrected chi connectivity index (χ4v) is 2.35. The minimum absolute atomic E-state index is 0.141. The first-order valence-electron chi connectivity index (χ1n) is 6.18. The summed E-state index contributed by atoms with van der Waals surface area (Å²) in [5.74, 6) is 0.238. The minimum Gasteiger partial charge on any atom is -0.451 e. The number of amides is 1. The Morgan fingerprint density at radius 3 is 3.00 bits per heavy atom. The van der Waals surface area contributed by atoms with E-state index in [1.54, 1.807) is 6.07 Å². The van der Waals surface area contributed by atoms with E-state index in [9.17, 15) is 4.79 Å². The summed E-state index contributed by atoms with van der Waals surface area (Å²) in [6.45, 7) is 3.80. The first-order valence-corrected chi connectivity index (χ1v) is 6.18. The van der Waals surface area contributed by atoms with Crippen LogP contribution in [0.1, 0.15) is 23.9 Å². The molecule has 4 nitrogen and oxygen atoms in total. The third-order valence-electron chi connectivity index (χ3n) is 3.43. The van der Waals surface area contributed by atoms with Crippen molar-refractivity contribution in [2.45, 2.75) is 18.9 Å². The summed E-state index contributed by atoms with van der Waals surface area (Å²) in [4.78, 5) is 12.1. The maximum atomic E-state index is 12.1. The highest BCUT2D eigenvalue weighted by atomic mass is 16.3. The number of nitrogens with one attached hydrogen (secondary N) is 2. The van der Waals surface area contributed by atoms with E-state index in [2.05, 4.69) is 10.6 Å². The minimum atomic E-state index is -0.171. The normalized spacial score (nSPS) is 23.4. The van der Waals surface area contributed by atoms with Gasteiger partial charge >= 0.3 is 0 Å². The molecule has 1 atom stereocenters. The average Bonchev–Trinajstić information content (AvgIpc) is 2.95. The van der Waals surface area contributed by atoms with Gasteiger partial charge in [-0.3, -0.25) is 4.79 Å². The van der Waals surface area contributed by atoms with Crippen LogP contribution in [-0.2, 0) is 0 Å². The standard InChI is InChI=1S/C14H16N2O2/c1-14(6-7-15-9-14)16-13(17)12-8-10-4-2-3-5-11(10)18-12/h2-5,8,15H,6-7,9H2,1H3,(H,16,17). The molecule has 1 aliphatic heterocycles. The van der Waals surface area contributed by atoms with Gasteiger partial charge in [0, 0.05) is 11.9 Å². The molecule has 1 aliphatic rings. The maximum Gasteiger partial charge on any atom is 0.287 e. The smallest absolute Gasteiger partial charge is 0.287 e. The lowest BCUT2D eigenvalue weighted by Crippen LogP contribution is -2.47. The molecule has 1 fully saturated rings. The Morgan fingerprint density at radius 1 is 1.44 bits per heavy atom. The van der Waals surface area contributed by atoms with Crippen molar-refractivity contribution in [2.75, 3.05) is 13.1 Å². The van der Waals surface area contributed by atoms with Crippen LogP contribution in [0.4, 0.5) is 0 Å². The van der Waals surface area contributed by atoms with Crippen LogP contribution in [0.15, 0.2) is 34.7 Å². The van der Waals surface area contributed by atoms with Gasteiger partial charge in [0.05, 0.1) is 5.54 Å². The Hall–Kier alpha value is -1.81. The predicted octanol–water partition coefficient (Wildman–Crippen LogP) is 1.91. The zero-order valence-corrected chi connectivity index (χ0v) is 10.3. The molecule has 1 unspecified atom stereocenters. The van der Waals surface area contributed by atoms with Crippen molar-refractivity contribution in [1.29, 1.82) is 0 Å². The second-order valence-electron chi connectivity index (χ2n) is 5.09. The van der Waals surface area contributed by atoms with Gasteiger partial charge < -0.3 is 15.1 Å². The molecule has 0 bridgehead atoms. The first kappa shape index (κ1) is 11.3. The van der Waals surface area contributed by atoms with E-state index in [-0.39, 0.29) is 11.4 Å². The van der Waals surface area contributed by atoms with Crippen LogP contribution in [0.25, 0.3) is 11.0 Å². The number of carbonyl (C=O) groups is 1. The maximum absolute atomic E-state index is 12.1. The first-order chi connectivity index (χ1) is 8.66. The summed E-state index contributed by atoms with van der Waals surface area (Å²) in [6, 6.07) is 9.42. The second-order valence-corrected chi connectivity index (χ2v) is 5.09. The number of para-hydroxylation sites is 1. The lowest BCUT2D eigenvalue weighted by molar-refractivity contribution is 0.0887. The number of rotatable bonds is 2. The summed E-state index contributed by atoms with van der Waals surface area (Å²) >= 11 is 0. The van der Waals surface area contributed by atoms with Gasteiger partial charge in [-0.2, -0.15) is 0 Å². The Balaban J connectivity index is 1.83. The van der Waals surface area contributed by atoms with Gasteiger partial charge in [0.15, 0.2) is 5.76 Å². The van der Waals surface area contributed by atoms with Gasteiger partial charge in [-0.1, -0.05) is 18.2 Å². The van der Waals surface area contributed by atoms with Crippen LogP contribution in [0, 0.1) is 0 Å². The zero-order valence-electron chi connectivity index (χ0n) is 10.3. The highest BCUT2D eigenvalue weighted by molar-refractivity contribution is 5.96. The molecule has 0 saturated carbocycles. The van der Waals surface area contributed by atoms with Crippen LogP contribution in [0.3, 0.4) is 0 Å². The lowest BCUT2D eigenvalue weighted by Gasteiger charge is -2.23. The van der Waals surface area contributed by atoms with Gasteiger partial charge in [-0.15, -0.1) is 0 Å². The van der Waals surface area contributed by atoms with Gasteiger partial charge in [-0.25, -0.2) is 0 Å². The number of benzene rings is 1. The molecular weight excluding hydrogens is 228 g/mol. The highest BCUT2D eigenvalue weighted by Gasteiger charge is 2.31. The largest absolute Gasteiger partial charge is 0.451 e. The van der Waals surface area contributed by atoms with Crippen LogP contribution in [-0.4, -0.2) is 24.5 Å². The molecule has 0 aliphatic carbocycles. The van der Waals surface area contributed by atoms with Gasteiger partial charge in [0.25, 0.3) is 5.91 Å². The Bertz CT molecular complexity index is 549. The summed E-state index contributed by atoms with van der Waals surface area (Å²) in [5, 5.41) is 7.24. The number of fused-ring (bicyclic) bond motifs is 1. The van der Waals surface area contributed by atoms with Crippen molar-refractivity contribution in [2.24, 2.45) is 0 Å². The third kappa shape index (κ3) is 1.99. The molecule has 4 heteroatoms. The molecule has 3 rings (SSSR count). The van der Waals surface area contributed by atoms with E-state index in [1.807, 2.05) is 31.2 Å². The van der Waals surface area contributed by atoms with Crippen molar-refractivity contribution in [3.05, 3.63) is 36.1 Å². The zero-order chi connectivity index (χ0) is 12.6. The SMILES string of the molecule is CC1(NC(=O)c2cc3ccccc3o2)CCNC1. The van der Waals surface area contributed by atoms with E-state index in [1.165, 1.54) is 0 Å². The molecule has 1 aromatic heterocycles. The molecule has 94 valence electrons. The van der Waals surface area contributed by atoms with Crippen molar-refractivity contribution in [1.82, 2.24) is 10.6 Å². The fraction of sp³-hybridized carbons (Fsp3) is 0.357. The Morgan fingerprint density at radius 2 is 2.28 bits per heavy atom. The molecule has 1 amide bonds. The van der Waals surface area contributed by atoms with E-state index in [0.29, 0.717) is 5.76 Å². The van der Waals surface area contributed by atoms with E-state index >= 15 is 0 Å². The van der Waals surface area contributed by atoms with Crippen LogP contribution < -0.4 is 10.6 Å². The summed E-state index contributed by atoms with van der Waals surface area (Å²) in [6.07, 6.45) is 0.943. The topological polar surface area (TPSA) is 54.3 Å². The average molecular weight is 244 g/mol. The molecule has 1 aromatic carbocycles. The summed E-state index contributed by atoms with van der Waals surface area (Å²) < 4.78 is 5.55. The van der Waals surface area contributed by atoms with Crippen molar-refractivity contribution in [3.8, 4) is 0 Å². The highest BCUT2D eigenvalue weighted by Crippen LogP contribution is 2.20. The molecule has 0 spiro atoms. The van der Waals surface area contributed by atoms with Crippen LogP contribution in [0.5, 0.6) is 0 Å². The number of carbonyl (C=O) groups excluding carboxylic acids is 1. The Labute approximate surface area is 105 Å². The van der Waals surface area contributed by atoms with Crippen LogP contribution in [0.2, 0.25) is 0 Å². The third-order valence-corrected chi connectivity index (χ3v) is 3.43. The van der Waals surface area contributed by atoms with E-state index in [0.717, 1.165) is 30.5 Å². The van der Waals surface area contributed by atoms with Gasteiger partial charge in [0.2, 0.25) is 0 Å². The monoisotopic (exact) mass is 244 g/mol. The molecule has 2 heterocycles. The lowest BCUT2D eigenvalue weighted by atomic mass is 10.0. The van der Waals surface area contributed by atoms with Crippen molar-refractivity contribution >= 4 is 16.9 Å². The van der Waals surface area contributed by atoms with Crippen molar-refractivity contribution in [3.63, 3.8) is 0 Å². The Kier molecular flexibility index (Phi) is 2.59. The van der Waals surface area contributed by atoms with Gasteiger partial charge in [-0.05, 0) is 32.0 Å². The molecule has 1 saturated heterocycles. The number of hydrogen-bond donors (Lipinski definition) is 2. The molecule has 2 N–H and O–H groups in total. The quantitative estimate of drug-likeness (QED) is 0.848. The molecule has 18 heavy (non-hydrogen) atoms. The van der Waals surface area contributed by atoms with Crippen LogP contribution >= 0.6 is 0 Å². The second kappa shape index (κ2) is 4.14. The fourth-order valence-electron chi connectivity index (χ4n) is 2.35. The molecule has 0 radical (unpaired) electrons. The molecular formula is C14H16N2O2. The predicted molar refractivity (Wildman–Crippen MR) is 69.6 cm³/mol. The van der Waals surface area contributed by atoms with E-state index in [4.69, 9.17) is 4.42 Å². The number of hydrogen-bond acceptors (Lipinski definition) is 3. The summed E-state index contributed by atoms with van der Waals surface area (Å²) in [5.41, 5.74) is 0.577. The number of furan rings is 1. The van der Waals surface area contributed by atoms with Gasteiger partial charge in [0.1, 0.15) is 5.58 Å². The summed E-state index contributed by atoms with van der Waals surface area (Å²) in [7, 11) is 0. The van der Waals surface area contributed by atoms with Crippen molar-refractivity contribution < 1.29 is 9.21 Å². The van der Waals surface area contributed by atoms with E-state index < -0.39 is 0 Å². The molecule has 2 aromatic rings.